The summed E-state index contributed by atoms with van der Waals surface area (Å²) in [7, 11) is -3.59. The lowest BCUT2D eigenvalue weighted by molar-refractivity contribution is -0.140. The van der Waals surface area contributed by atoms with E-state index in [9.17, 15) is 13.2 Å². The van der Waals surface area contributed by atoms with E-state index in [-0.39, 0.29) is 5.75 Å². The van der Waals surface area contributed by atoms with Crippen LogP contribution in [-0.2, 0) is 20.3 Å². The van der Waals surface area contributed by atoms with Crippen LogP contribution in [0.15, 0.2) is 24.3 Å². The van der Waals surface area contributed by atoms with Crippen LogP contribution < -0.4 is 4.18 Å². The molecule has 0 spiro atoms. The first-order valence-electron chi connectivity index (χ1n) is 5.07. The number of carbonyl (C=O) groups is 1. The van der Waals surface area contributed by atoms with Gasteiger partial charge in [0.1, 0.15) is 5.75 Å². The monoisotopic (exact) mass is 256 g/mol. The van der Waals surface area contributed by atoms with E-state index in [2.05, 4.69) is 0 Å². The molecule has 2 rings (SSSR count). The van der Waals surface area contributed by atoms with E-state index < -0.39 is 21.5 Å². The quantitative estimate of drug-likeness (QED) is 0.817. The number of hydrogen-bond donors (Lipinski definition) is 1. The minimum Gasteiger partial charge on any atom is -0.481 e. The molecular formula is C11H12O5S. The van der Waals surface area contributed by atoms with Gasteiger partial charge in [-0.05, 0) is 30.5 Å². The van der Waals surface area contributed by atoms with Crippen LogP contribution in [0.3, 0.4) is 0 Å². The average molecular weight is 256 g/mol. The van der Waals surface area contributed by atoms with Gasteiger partial charge in [-0.2, -0.15) is 8.42 Å². The maximum atomic E-state index is 11.1. The molecule has 0 heterocycles. The van der Waals surface area contributed by atoms with Crippen LogP contribution in [0.5, 0.6) is 5.75 Å². The molecule has 0 amide bonds. The number of carboxylic acids is 1. The van der Waals surface area contributed by atoms with E-state index in [1.807, 2.05) is 0 Å². The minimum absolute atomic E-state index is 0.150. The largest absolute Gasteiger partial charge is 0.481 e. The van der Waals surface area contributed by atoms with Gasteiger partial charge in [0, 0.05) is 0 Å². The van der Waals surface area contributed by atoms with Crippen molar-refractivity contribution in [2.45, 2.75) is 18.3 Å². The molecule has 0 aliphatic heterocycles. The zero-order valence-corrected chi connectivity index (χ0v) is 10.0. The van der Waals surface area contributed by atoms with Crippen LogP contribution in [0, 0.1) is 0 Å². The number of carboxylic acid groups (broad SMARTS) is 1. The molecule has 1 aliphatic rings. The lowest BCUT2D eigenvalue weighted by atomic mass is 9.96. The molecule has 17 heavy (non-hydrogen) atoms. The molecule has 1 aliphatic carbocycles. The van der Waals surface area contributed by atoms with Crippen molar-refractivity contribution < 1.29 is 22.5 Å². The van der Waals surface area contributed by atoms with Gasteiger partial charge in [-0.15, -0.1) is 0 Å². The predicted octanol–water partition coefficient (Wildman–Crippen LogP) is 1.14. The summed E-state index contributed by atoms with van der Waals surface area (Å²) in [5.41, 5.74) is -0.261. The maximum Gasteiger partial charge on any atom is 0.314 e. The minimum atomic E-state index is -3.59. The van der Waals surface area contributed by atoms with Crippen molar-refractivity contribution in [1.29, 1.82) is 0 Å². The van der Waals surface area contributed by atoms with Crippen LogP contribution in [0.1, 0.15) is 18.4 Å². The van der Waals surface area contributed by atoms with Crippen LogP contribution in [0.4, 0.5) is 0 Å². The highest BCUT2D eigenvalue weighted by Gasteiger charge is 2.51. The van der Waals surface area contributed by atoms with Gasteiger partial charge in [0.2, 0.25) is 0 Å². The number of rotatable bonds is 4. The summed E-state index contributed by atoms with van der Waals surface area (Å²) >= 11 is 0. The number of hydrogen-bond acceptors (Lipinski definition) is 4. The van der Waals surface area contributed by atoms with E-state index in [1.54, 1.807) is 12.1 Å². The van der Waals surface area contributed by atoms with Crippen LogP contribution in [0.25, 0.3) is 0 Å². The number of benzene rings is 1. The Morgan fingerprint density at radius 1 is 1.41 bits per heavy atom. The molecular weight excluding hydrogens is 244 g/mol. The van der Waals surface area contributed by atoms with Gasteiger partial charge >= 0.3 is 16.1 Å². The standard InChI is InChI=1S/C11H12O5S/c1-17(14,15)16-9-4-2-3-8(7-9)11(5-6-11)10(12)13/h2-4,7H,5-6H2,1H3,(H,12,13). The van der Waals surface area contributed by atoms with E-state index in [0.29, 0.717) is 18.4 Å². The van der Waals surface area contributed by atoms with Gasteiger partial charge in [-0.25, -0.2) is 0 Å². The molecule has 92 valence electrons. The van der Waals surface area contributed by atoms with Crippen LogP contribution >= 0.6 is 0 Å². The Morgan fingerprint density at radius 3 is 2.53 bits per heavy atom. The lowest BCUT2D eigenvalue weighted by Crippen LogP contribution is -2.19. The molecule has 0 aromatic heterocycles. The third kappa shape index (κ3) is 2.41. The summed E-state index contributed by atoms with van der Waals surface area (Å²) in [6.45, 7) is 0. The Morgan fingerprint density at radius 2 is 2.06 bits per heavy atom. The molecule has 0 bridgehead atoms. The van der Waals surface area contributed by atoms with Gasteiger partial charge in [-0.1, -0.05) is 12.1 Å². The second-order valence-electron chi connectivity index (χ2n) is 4.20. The SMILES string of the molecule is CS(=O)(=O)Oc1cccc(C2(C(=O)O)CC2)c1. The van der Waals surface area contributed by atoms with Gasteiger partial charge < -0.3 is 9.29 Å². The van der Waals surface area contributed by atoms with Crippen molar-refractivity contribution in [3.8, 4) is 5.75 Å². The van der Waals surface area contributed by atoms with E-state index in [4.69, 9.17) is 9.29 Å². The van der Waals surface area contributed by atoms with Gasteiger partial charge in [0.15, 0.2) is 0 Å². The Bertz CT molecular complexity index is 557. The first-order chi connectivity index (χ1) is 7.83. The van der Waals surface area contributed by atoms with E-state index >= 15 is 0 Å². The molecule has 1 aromatic rings. The van der Waals surface area contributed by atoms with Crippen molar-refractivity contribution in [3.63, 3.8) is 0 Å². The molecule has 1 saturated carbocycles. The predicted molar refractivity (Wildman–Crippen MR) is 60.5 cm³/mol. The molecule has 6 heteroatoms. The first kappa shape index (κ1) is 11.9. The van der Waals surface area contributed by atoms with Gasteiger partial charge in [-0.3, -0.25) is 4.79 Å². The van der Waals surface area contributed by atoms with E-state index in [0.717, 1.165) is 6.26 Å². The number of aliphatic carboxylic acids is 1. The normalized spacial score (nSPS) is 17.5. The molecule has 0 saturated heterocycles. The van der Waals surface area contributed by atoms with Crippen LogP contribution in [-0.4, -0.2) is 25.7 Å². The molecule has 0 unspecified atom stereocenters. The van der Waals surface area contributed by atoms with Gasteiger partial charge in [0.25, 0.3) is 0 Å². The summed E-state index contributed by atoms with van der Waals surface area (Å²) in [5.74, 6) is -0.730. The highest BCUT2D eigenvalue weighted by atomic mass is 32.2. The second-order valence-corrected chi connectivity index (χ2v) is 5.78. The lowest BCUT2D eigenvalue weighted by Gasteiger charge is -2.11. The fraction of sp³-hybridized carbons (Fsp3) is 0.364. The Kier molecular flexibility index (Phi) is 2.61. The molecule has 1 fully saturated rings. The smallest absolute Gasteiger partial charge is 0.314 e. The third-order valence-corrected chi connectivity index (χ3v) is 3.29. The van der Waals surface area contributed by atoms with E-state index in [1.165, 1.54) is 12.1 Å². The summed E-state index contributed by atoms with van der Waals surface area (Å²) < 4.78 is 26.7. The van der Waals surface area contributed by atoms with Crippen molar-refractivity contribution >= 4 is 16.1 Å². The Balaban J connectivity index is 2.33. The Labute approximate surface area is 99.2 Å². The first-order valence-corrected chi connectivity index (χ1v) is 6.89. The summed E-state index contributed by atoms with van der Waals surface area (Å²) in [6.07, 6.45) is 2.10. The van der Waals surface area contributed by atoms with Crippen molar-refractivity contribution in [3.05, 3.63) is 29.8 Å². The Hall–Kier alpha value is -1.56. The average Bonchev–Trinajstić information content (AvgIpc) is 2.95. The fourth-order valence-electron chi connectivity index (χ4n) is 1.77. The van der Waals surface area contributed by atoms with Gasteiger partial charge in [0.05, 0.1) is 11.7 Å². The fourth-order valence-corrected chi connectivity index (χ4v) is 2.22. The molecule has 5 nitrogen and oxygen atoms in total. The zero-order valence-electron chi connectivity index (χ0n) is 9.21. The van der Waals surface area contributed by atoms with Crippen molar-refractivity contribution in [1.82, 2.24) is 0 Å². The molecule has 0 radical (unpaired) electrons. The summed E-state index contributed by atoms with van der Waals surface area (Å²) in [4.78, 5) is 11.1. The molecule has 1 aromatic carbocycles. The highest BCUT2D eigenvalue weighted by molar-refractivity contribution is 7.86. The summed E-state index contributed by atoms with van der Waals surface area (Å²) in [5, 5.41) is 9.12. The second kappa shape index (κ2) is 3.73. The zero-order chi connectivity index (χ0) is 12.7. The van der Waals surface area contributed by atoms with Crippen molar-refractivity contribution in [2.24, 2.45) is 0 Å². The van der Waals surface area contributed by atoms with Crippen molar-refractivity contribution in [2.75, 3.05) is 6.26 Å². The topological polar surface area (TPSA) is 80.7 Å². The maximum absolute atomic E-state index is 11.1. The summed E-state index contributed by atoms with van der Waals surface area (Å²) in [6, 6.07) is 6.24. The molecule has 1 N–H and O–H groups in total. The third-order valence-electron chi connectivity index (χ3n) is 2.79. The van der Waals surface area contributed by atoms with Crippen LogP contribution in [0.2, 0.25) is 0 Å². The highest BCUT2D eigenvalue weighted by Crippen LogP contribution is 2.49. The molecule has 0 atom stereocenters.